The lowest BCUT2D eigenvalue weighted by molar-refractivity contribution is 0.00593. The van der Waals surface area contributed by atoms with Crippen LogP contribution in [0.15, 0.2) is 6.07 Å². The van der Waals surface area contributed by atoms with Gasteiger partial charge in [-0.1, -0.05) is 20.3 Å². The summed E-state index contributed by atoms with van der Waals surface area (Å²) < 4.78 is 1.68. The highest BCUT2D eigenvalue weighted by molar-refractivity contribution is 6.01. The molecule has 2 aromatic rings. The summed E-state index contributed by atoms with van der Waals surface area (Å²) in [5.41, 5.74) is 2.49. The molecule has 0 fully saturated rings. The van der Waals surface area contributed by atoms with Gasteiger partial charge in [0.2, 0.25) is 0 Å². The monoisotopic (exact) mass is 318 g/mol. The van der Waals surface area contributed by atoms with Crippen LogP contribution in [0.2, 0.25) is 0 Å². The van der Waals surface area contributed by atoms with E-state index in [2.05, 4.69) is 15.4 Å². The number of hydrogen-bond acceptors (Lipinski definition) is 4. The first-order valence-corrected chi connectivity index (χ1v) is 8.01. The number of amides is 1. The minimum atomic E-state index is -0.944. The van der Waals surface area contributed by atoms with E-state index in [1.165, 1.54) is 0 Å². The molecule has 6 heteroatoms. The number of aromatic nitrogens is 3. The van der Waals surface area contributed by atoms with Crippen molar-refractivity contribution < 1.29 is 9.90 Å². The van der Waals surface area contributed by atoms with Gasteiger partial charge < -0.3 is 10.4 Å². The summed E-state index contributed by atoms with van der Waals surface area (Å²) in [4.78, 5) is 17.1. The number of hydrogen-bond donors (Lipinski definition) is 2. The Kier molecular flexibility index (Phi) is 4.75. The van der Waals surface area contributed by atoms with Gasteiger partial charge in [0.1, 0.15) is 5.56 Å². The first-order chi connectivity index (χ1) is 10.7. The maximum atomic E-state index is 12.6. The van der Waals surface area contributed by atoms with Gasteiger partial charge in [0.05, 0.1) is 11.3 Å². The Balaban J connectivity index is 2.30. The van der Waals surface area contributed by atoms with Crippen molar-refractivity contribution in [3.05, 3.63) is 28.7 Å². The van der Waals surface area contributed by atoms with Gasteiger partial charge in [0.25, 0.3) is 5.91 Å². The lowest BCUT2D eigenvalue weighted by Gasteiger charge is -2.29. The second-order valence-corrected chi connectivity index (χ2v) is 6.58. The van der Waals surface area contributed by atoms with Crippen molar-refractivity contribution in [1.82, 2.24) is 19.9 Å². The molecule has 0 aliphatic heterocycles. The molecule has 0 bridgehead atoms. The molecule has 126 valence electrons. The minimum Gasteiger partial charge on any atom is -0.388 e. The number of aliphatic hydroxyl groups is 1. The van der Waals surface area contributed by atoms with Gasteiger partial charge in [-0.05, 0) is 39.7 Å². The van der Waals surface area contributed by atoms with Gasteiger partial charge in [-0.25, -0.2) is 9.50 Å². The van der Waals surface area contributed by atoms with Crippen molar-refractivity contribution in [2.45, 2.75) is 53.6 Å². The number of carbonyl (C=O) groups excluding carboxylic acids is 1. The van der Waals surface area contributed by atoms with E-state index >= 15 is 0 Å². The standard InChI is InChI=1S/C17H26N4O2/c1-7-10(2)17(6,23)9-18-16(22)14-13(5)20-21-12(4)8-11(3)19-15(14)21/h8,10,23H,7,9H2,1-6H3,(H,18,22). The zero-order valence-electron chi connectivity index (χ0n) is 14.8. The first kappa shape index (κ1) is 17.4. The molecular weight excluding hydrogens is 292 g/mol. The average Bonchev–Trinajstić information content (AvgIpc) is 2.80. The highest BCUT2D eigenvalue weighted by atomic mass is 16.3. The summed E-state index contributed by atoms with van der Waals surface area (Å²) in [5.74, 6) is -0.158. The van der Waals surface area contributed by atoms with Crippen LogP contribution in [0.5, 0.6) is 0 Å². The quantitative estimate of drug-likeness (QED) is 0.885. The topological polar surface area (TPSA) is 79.5 Å². The molecule has 0 aromatic carbocycles. The average molecular weight is 318 g/mol. The third-order valence-corrected chi connectivity index (χ3v) is 4.58. The Labute approximate surface area is 136 Å². The molecule has 6 nitrogen and oxygen atoms in total. The fraction of sp³-hybridized carbons (Fsp3) is 0.588. The van der Waals surface area contributed by atoms with Crippen molar-refractivity contribution in [2.24, 2.45) is 5.92 Å². The van der Waals surface area contributed by atoms with Crippen molar-refractivity contribution in [3.8, 4) is 0 Å². The van der Waals surface area contributed by atoms with Gasteiger partial charge in [0.15, 0.2) is 5.65 Å². The number of nitrogens with one attached hydrogen (secondary N) is 1. The van der Waals surface area contributed by atoms with E-state index in [4.69, 9.17) is 0 Å². The molecule has 2 N–H and O–H groups in total. The van der Waals surface area contributed by atoms with Crippen LogP contribution in [0.4, 0.5) is 0 Å². The molecular formula is C17H26N4O2. The second-order valence-electron chi connectivity index (χ2n) is 6.58. The van der Waals surface area contributed by atoms with Crippen LogP contribution < -0.4 is 5.32 Å². The molecule has 23 heavy (non-hydrogen) atoms. The minimum absolute atomic E-state index is 0.0930. The maximum Gasteiger partial charge on any atom is 0.257 e. The normalized spacial score (nSPS) is 15.4. The predicted octanol–water partition coefficient (Wildman–Crippen LogP) is 2.18. The summed E-state index contributed by atoms with van der Waals surface area (Å²) >= 11 is 0. The van der Waals surface area contributed by atoms with Crippen LogP contribution in [0, 0.1) is 26.7 Å². The van der Waals surface area contributed by atoms with E-state index < -0.39 is 5.60 Å². The lowest BCUT2D eigenvalue weighted by atomic mass is 9.88. The molecule has 2 unspecified atom stereocenters. The van der Waals surface area contributed by atoms with Gasteiger partial charge in [-0.3, -0.25) is 4.79 Å². The van der Waals surface area contributed by atoms with Crippen molar-refractivity contribution >= 4 is 11.6 Å². The zero-order chi connectivity index (χ0) is 17.4. The molecule has 2 heterocycles. The van der Waals surface area contributed by atoms with Gasteiger partial charge >= 0.3 is 0 Å². The van der Waals surface area contributed by atoms with Gasteiger partial charge in [-0.2, -0.15) is 5.10 Å². The maximum absolute atomic E-state index is 12.6. The molecule has 0 saturated heterocycles. The summed E-state index contributed by atoms with van der Waals surface area (Å²) in [6, 6.07) is 1.93. The van der Waals surface area contributed by atoms with Crippen LogP contribution in [0.3, 0.4) is 0 Å². The van der Waals surface area contributed by atoms with Crippen LogP contribution >= 0.6 is 0 Å². The Morgan fingerprint density at radius 1 is 1.43 bits per heavy atom. The summed E-state index contributed by atoms with van der Waals surface area (Å²) in [6.07, 6.45) is 0.846. The Morgan fingerprint density at radius 2 is 2.09 bits per heavy atom. The van der Waals surface area contributed by atoms with Gasteiger partial charge in [-0.15, -0.1) is 0 Å². The van der Waals surface area contributed by atoms with E-state index in [0.717, 1.165) is 17.8 Å². The number of carbonyl (C=O) groups is 1. The second kappa shape index (κ2) is 6.28. The van der Waals surface area contributed by atoms with E-state index in [1.807, 2.05) is 33.8 Å². The SMILES string of the molecule is CCC(C)C(C)(O)CNC(=O)c1c(C)nn2c(C)cc(C)nc12. The van der Waals surface area contributed by atoms with Crippen LogP contribution in [-0.4, -0.2) is 37.8 Å². The van der Waals surface area contributed by atoms with E-state index in [9.17, 15) is 9.90 Å². The molecule has 0 aliphatic rings. The van der Waals surface area contributed by atoms with Crippen LogP contribution in [-0.2, 0) is 0 Å². The molecule has 2 rings (SSSR count). The third kappa shape index (κ3) is 3.37. The third-order valence-electron chi connectivity index (χ3n) is 4.58. The molecule has 0 spiro atoms. The first-order valence-electron chi connectivity index (χ1n) is 8.01. The number of fused-ring (bicyclic) bond motifs is 1. The van der Waals surface area contributed by atoms with Crippen molar-refractivity contribution in [3.63, 3.8) is 0 Å². The number of aryl methyl sites for hydroxylation is 3. The number of rotatable bonds is 5. The summed E-state index contributed by atoms with van der Waals surface area (Å²) in [7, 11) is 0. The van der Waals surface area contributed by atoms with E-state index in [0.29, 0.717) is 16.9 Å². The van der Waals surface area contributed by atoms with E-state index in [1.54, 1.807) is 18.4 Å². The Morgan fingerprint density at radius 3 is 2.70 bits per heavy atom. The molecule has 0 aliphatic carbocycles. The molecule has 1 amide bonds. The largest absolute Gasteiger partial charge is 0.388 e. The molecule has 0 saturated carbocycles. The van der Waals surface area contributed by atoms with Crippen molar-refractivity contribution in [1.29, 1.82) is 0 Å². The van der Waals surface area contributed by atoms with Crippen molar-refractivity contribution in [2.75, 3.05) is 6.54 Å². The smallest absolute Gasteiger partial charge is 0.257 e. The zero-order valence-corrected chi connectivity index (χ0v) is 14.8. The predicted molar refractivity (Wildman–Crippen MR) is 89.6 cm³/mol. The Hall–Kier alpha value is -1.95. The fourth-order valence-electron chi connectivity index (χ4n) is 2.65. The summed E-state index contributed by atoms with van der Waals surface area (Å²) in [6.45, 7) is 11.6. The van der Waals surface area contributed by atoms with E-state index in [-0.39, 0.29) is 18.4 Å². The molecule has 2 atom stereocenters. The lowest BCUT2D eigenvalue weighted by Crippen LogP contribution is -2.45. The summed E-state index contributed by atoms with van der Waals surface area (Å²) in [5, 5.41) is 17.7. The van der Waals surface area contributed by atoms with Crippen LogP contribution in [0.1, 0.15) is 54.6 Å². The molecule has 0 radical (unpaired) electrons. The number of nitrogens with zero attached hydrogens (tertiary/aromatic N) is 3. The molecule has 2 aromatic heterocycles. The highest BCUT2D eigenvalue weighted by Gasteiger charge is 2.28. The van der Waals surface area contributed by atoms with Gasteiger partial charge in [0, 0.05) is 17.9 Å². The Bertz CT molecular complexity index is 734. The highest BCUT2D eigenvalue weighted by Crippen LogP contribution is 2.20. The fourth-order valence-corrected chi connectivity index (χ4v) is 2.65. The van der Waals surface area contributed by atoms with Crippen LogP contribution in [0.25, 0.3) is 5.65 Å².